The summed E-state index contributed by atoms with van der Waals surface area (Å²) >= 11 is 2.92. The summed E-state index contributed by atoms with van der Waals surface area (Å²) in [7, 11) is 0. The zero-order valence-corrected chi connectivity index (χ0v) is 17.1. The van der Waals surface area contributed by atoms with Gasteiger partial charge in [-0.25, -0.2) is 4.98 Å². The molecule has 0 saturated heterocycles. The molecule has 0 saturated carbocycles. The van der Waals surface area contributed by atoms with Crippen molar-refractivity contribution in [1.82, 2.24) is 14.9 Å². The van der Waals surface area contributed by atoms with Crippen molar-refractivity contribution in [2.75, 3.05) is 12.3 Å². The highest BCUT2D eigenvalue weighted by Crippen LogP contribution is 2.35. The minimum Gasteiger partial charge on any atom is -0.352 e. The van der Waals surface area contributed by atoms with Gasteiger partial charge in [-0.2, -0.15) is 0 Å². The molecule has 0 bridgehead atoms. The monoisotopic (exact) mass is 411 g/mol. The first-order valence-electron chi connectivity index (χ1n) is 9.32. The molecule has 4 rings (SSSR count). The number of nitrogens with one attached hydrogen (secondary N) is 1. The number of thioether (sulfide) groups is 1. The quantitative estimate of drug-likeness (QED) is 0.381. The summed E-state index contributed by atoms with van der Waals surface area (Å²) in [5, 5.41) is 4.07. The fraction of sp³-hybridized carbons (Fsp3) is 0.286. The van der Waals surface area contributed by atoms with Crippen molar-refractivity contribution < 1.29 is 4.79 Å². The molecule has 3 aromatic rings. The molecule has 2 heterocycles. The molecule has 1 aliphatic rings. The highest BCUT2D eigenvalue weighted by Gasteiger charge is 2.23. The van der Waals surface area contributed by atoms with E-state index in [-0.39, 0.29) is 17.2 Å². The zero-order valence-electron chi connectivity index (χ0n) is 15.4. The van der Waals surface area contributed by atoms with E-state index in [2.05, 4.69) is 11.9 Å². The minimum atomic E-state index is -0.107. The van der Waals surface area contributed by atoms with Crippen LogP contribution in [-0.4, -0.2) is 27.8 Å². The highest BCUT2D eigenvalue weighted by molar-refractivity contribution is 7.99. The molecular weight excluding hydrogens is 390 g/mol. The lowest BCUT2D eigenvalue weighted by molar-refractivity contribution is -0.118. The summed E-state index contributed by atoms with van der Waals surface area (Å²) in [6.45, 7) is 4.03. The van der Waals surface area contributed by atoms with E-state index < -0.39 is 0 Å². The van der Waals surface area contributed by atoms with Crippen LogP contribution in [0.25, 0.3) is 15.9 Å². The van der Waals surface area contributed by atoms with Gasteiger partial charge in [-0.05, 0) is 43.4 Å². The van der Waals surface area contributed by atoms with Crippen LogP contribution in [0.5, 0.6) is 0 Å². The third-order valence-corrected chi connectivity index (χ3v) is 6.87. The molecule has 2 aromatic heterocycles. The Hall–Kier alpha value is -2.38. The highest BCUT2D eigenvalue weighted by atomic mass is 32.2. The van der Waals surface area contributed by atoms with Crippen molar-refractivity contribution in [3.05, 3.63) is 63.8 Å². The Balaban J connectivity index is 1.82. The summed E-state index contributed by atoms with van der Waals surface area (Å²) in [6.07, 6.45) is 5.88. The van der Waals surface area contributed by atoms with E-state index in [0.717, 1.165) is 41.6 Å². The first kappa shape index (κ1) is 19.0. The number of fused-ring (bicyclic) bond motifs is 3. The first-order valence-corrected chi connectivity index (χ1v) is 11.1. The van der Waals surface area contributed by atoms with E-state index in [0.29, 0.717) is 11.7 Å². The summed E-state index contributed by atoms with van der Waals surface area (Å²) in [4.78, 5) is 32.4. The zero-order chi connectivity index (χ0) is 19.5. The second-order valence-electron chi connectivity index (χ2n) is 6.64. The number of carbonyl (C=O) groups is 1. The first-order chi connectivity index (χ1) is 13.7. The average Bonchev–Trinajstić information content (AvgIpc) is 3.10. The van der Waals surface area contributed by atoms with Crippen molar-refractivity contribution in [2.45, 2.75) is 30.8 Å². The van der Waals surface area contributed by atoms with Crippen LogP contribution >= 0.6 is 23.1 Å². The van der Waals surface area contributed by atoms with Crippen LogP contribution < -0.4 is 10.9 Å². The molecule has 0 radical (unpaired) electrons. The summed E-state index contributed by atoms with van der Waals surface area (Å²) < 4.78 is 1.65. The van der Waals surface area contributed by atoms with E-state index in [9.17, 15) is 9.59 Å². The average molecular weight is 412 g/mol. The molecule has 1 N–H and O–H groups in total. The third-order valence-electron chi connectivity index (χ3n) is 4.75. The Kier molecular flexibility index (Phi) is 5.64. The smallest absolute Gasteiger partial charge is 0.267 e. The minimum absolute atomic E-state index is 0.0374. The molecule has 0 aliphatic heterocycles. The Morgan fingerprint density at radius 3 is 2.86 bits per heavy atom. The van der Waals surface area contributed by atoms with Gasteiger partial charge in [0.1, 0.15) is 4.83 Å². The van der Waals surface area contributed by atoms with Crippen LogP contribution in [-0.2, 0) is 17.6 Å². The lowest BCUT2D eigenvalue weighted by Gasteiger charge is -2.13. The van der Waals surface area contributed by atoms with Gasteiger partial charge < -0.3 is 5.32 Å². The number of para-hydroxylation sites is 1. The van der Waals surface area contributed by atoms with E-state index >= 15 is 0 Å². The van der Waals surface area contributed by atoms with E-state index in [4.69, 9.17) is 4.98 Å². The Morgan fingerprint density at radius 2 is 2.07 bits per heavy atom. The molecule has 1 amide bonds. The molecule has 0 atom stereocenters. The lowest BCUT2D eigenvalue weighted by atomic mass is 9.97. The molecular formula is C21H21N3O2S2. The van der Waals surface area contributed by atoms with Gasteiger partial charge in [0.2, 0.25) is 5.91 Å². The number of nitrogens with zero attached hydrogens (tertiary/aromatic N) is 2. The molecule has 0 fully saturated rings. The maximum Gasteiger partial charge on any atom is 0.267 e. The number of aromatic nitrogens is 2. The maximum absolute atomic E-state index is 13.5. The summed E-state index contributed by atoms with van der Waals surface area (Å²) in [5.41, 5.74) is 1.91. The fourth-order valence-corrected chi connectivity index (χ4v) is 5.60. The number of amides is 1. The van der Waals surface area contributed by atoms with E-state index in [1.165, 1.54) is 22.2 Å². The normalized spacial score (nSPS) is 13.3. The van der Waals surface area contributed by atoms with Gasteiger partial charge in [-0.15, -0.1) is 17.9 Å². The predicted molar refractivity (Wildman–Crippen MR) is 116 cm³/mol. The van der Waals surface area contributed by atoms with Gasteiger partial charge in [0.05, 0.1) is 16.8 Å². The largest absolute Gasteiger partial charge is 0.352 e. The summed E-state index contributed by atoms with van der Waals surface area (Å²) in [6, 6.07) is 9.52. The van der Waals surface area contributed by atoms with Crippen LogP contribution in [0.4, 0.5) is 0 Å². The number of benzene rings is 1. The lowest BCUT2D eigenvalue weighted by Crippen LogP contribution is -2.26. The number of thiophene rings is 1. The van der Waals surface area contributed by atoms with Crippen molar-refractivity contribution in [3.8, 4) is 5.69 Å². The van der Waals surface area contributed by atoms with Crippen LogP contribution in [0, 0.1) is 0 Å². The molecule has 0 unspecified atom stereocenters. The van der Waals surface area contributed by atoms with Crippen molar-refractivity contribution in [1.29, 1.82) is 0 Å². The fourth-order valence-electron chi connectivity index (χ4n) is 3.46. The predicted octanol–water partition coefficient (Wildman–Crippen LogP) is 3.72. The van der Waals surface area contributed by atoms with Gasteiger partial charge in [0.25, 0.3) is 5.56 Å². The molecule has 1 aliphatic carbocycles. The molecule has 0 spiro atoms. The molecule has 1 aromatic carbocycles. The second kappa shape index (κ2) is 8.32. The number of rotatable bonds is 6. The number of hydrogen-bond donors (Lipinski definition) is 1. The Morgan fingerprint density at radius 1 is 1.29 bits per heavy atom. The van der Waals surface area contributed by atoms with E-state index in [1.807, 2.05) is 30.3 Å². The van der Waals surface area contributed by atoms with Crippen LogP contribution in [0.2, 0.25) is 0 Å². The van der Waals surface area contributed by atoms with Crippen LogP contribution in [0.15, 0.2) is 52.9 Å². The number of hydrogen-bond acceptors (Lipinski definition) is 5. The summed E-state index contributed by atoms with van der Waals surface area (Å²) in [5.74, 6) is 0.0910. The van der Waals surface area contributed by atoms with E-state index in [1.54, 1.807) is 22.0 Å². The van der Waals surface area contributed by atoms with Gasteiger partial charge in [-0.1, -0.05) is 36.0 Å². The Labute approximate surface area is 171 Å². The van der Waals surface area contributed by atoms with Gasteiger partial charge in [0.15, 0.2) is 5.16 Å². The molecule has 5 nitrogen and oxygen atoms in total. The standard InChI is InChI=1S/C21H21N3O2S2/c1-2-12-22-17(25)13-27-21-23-19-18(15-10-6-7-11-16(15)28-19)20(26)24(21)14-8-4-3-5-9-14/h2-5,8-9H,1,6-7,10-13H2,(H,22,25). The topological polar surface area (TPSA) is 64.0 Å². The number of aryl methyl sites for hydroxylation is 2. The van der Waals surface area contributed by atoms with Gasteiger partial charge >= 0.3 is 0 Å². The van der Waals surface area contributed by atoms with Crippen molar-refractivity contribution >= 4 is 39.2 Å². The SMILES string of the molecule is C=CCNC(=O)CSc1nc2sc3c(c2c(=O)n1-c1ccccc1)CCCC3. The van der Waals surface area contributed by atoms with Gasteiger partial charge in [0, 0.05) is 11.4 Å². The van der Waals surface area contributed by atoms with Crippen molar-refractivity contribution in [2.24, 2.45) is 0 Å². The Bertz CT molecular complexity index is 1090. The van der Waals surface area contributed by atoms with Crippen LogP contribution in [0.1, 0.15) is 23.3 Å². The number of carbonyl (C=O) groups excluding carboxylic acids is 1. The maximum atomic E-state index is 13.5. The third kappa shape index (κ3) is 3.64. The van der Waals surface area contributed by atoms with Gasteiger partial charge in [-0.3, -0.25) is 14.2 Å². The van der Waals surface area contributed by atoms with Crippen LogP contribution in [0.3, 0.4) is 0 Å². The van der Waals surface area contributed by atoms with Crippen molar-refractivity contribution in [3.63, 3.8) is 0 Å². The molecule has 7 heteroatoms. The second-order valence-corrected chi connectivity index (χ2v) is 8.67. The molecule has 28 heavy (non-hydrogen) atoms. The molecule has 144 valence electrons.